The molecule has 5 heteroatoms. The summed E-state index contributed by atoms with van der Waals surface area (Å²) < 4.78 is 0. The van der Waals surface area contributed by atoms with Gasteiger partial charge in [-0.25, -0.2) is 0 Å². The Morgan fingerprint density at radius 3 is 2.58 bits per heavy atom. The van der Waals surface area contributed by atoms with Crippen molar-refractivity contribution in [3.63, 3.8) is 0 Å². The van der Waals surface area contributed by atoms with Crippen LogP contribution in [-0.2, 0) is 0 Å². The van der Waals surface area contributed by atoms with Gasteiger partial charge in [-0.3, -0.25) is 4.79 Å². The van der Waals surface area contributed by atoms with Crippen LogP contribution in [0.3, 0.4) is 0 Å². The van der Waals surface area contributed by atoms with Gasteiger partial charge in [0.2, 0.25) is 0 Å². The molecule has 3 N–H and O–H groups in total. The standard InChI is InChI=1S/C21H22N4O/c1-25(2)13-12-22-21(26)16-8-5-9-17-20(16)24-19-15-7-4-3-6-14(15)10-11-18(19)23-17/h3-11,23-24H,12-13H2,1-2H3,(H,22,26). The van der Waals surface area contributed by atoms with Crippen molar-refractivity contribution >= 4 is 39.4 Å². The topological polar surface area (TPSA) is 56.4 Å². The van der Waals surface area contributed by atoms with E-state index >= 15 is 0 Å². The highest BCUT2D eigenvalue weighted by Crippen LogP contribution is 2.43. The monoisotopic (exact) mass is 346 g/mol. The molecule has 1 aliphatic rings. The molecule has 0 spiro atoms. The zero-order valence-corrected chi connectivity index (χ0v) is 15.0. The zero-order valence-electron chi connectivity index (χ0n) is 15.0. The minimum atomic E-state index is -0.0679. The van der Waals surface area contributed by atoms with Crippen LogP contribution in [0.5, 0.6) is 0 Å². The fourth-order valence-corrected chi connectivity index (χ4v) is 3.25. The number of para-hydroxylation sites is 1. The van der Waals surface area contributed by atoms with Crippen molar-refractivity contribution in [1.82, 2.24) is 10.2 Å². The summed E-state index contributed by atoms with van der Waals surface area (Å²) in [6, 6.07) is 18.2. The minimum Gasteiger partial charge on any atom is -0.352 e. The third kappa shape index (κ3) is 2.97. The first-order chi connectivity index (χ1) is 12.6. The highest BCUT2D eigenvalue weighted by atomic mass is 16.1. The fraction of sp³-hybridized carbons (Fsp3) is 0.190. The van der Waals surface area contributed by atoms with Crippen LogP contribution in [0.1, 0.15) is 10.4 Å². The molecule has 132 valence electrons. The summed E-state index contributed by atoms with van der Waals surface area (Å²) in [6.07, 6.45) is 0. The van der Waals surface area contributed by atoms with Crippen molar-refractivity contribution < 1.29 is 4.79 Å². The molecule has 1 aliphatic heterocycles. The van der Waals surface area contributed by atoms with Gasteiger partial charge in [-0.15, -0.1) is 0 Å². The van der Waals surface area contributed by atoms with Crippen molar-refractivity contribution in [1.29, 1.82) is 0 Å². The fourth-order valence-electron chi connectivity index (χ4n) is 3.25. The van der Waals surface area contributed by atoms with E-state index in [0.717, 1.165) is 40.1 Å². The van der Waals surface area contributed by atoms with Crippen molar-refractivity contribution in [3.8, 4) is 0 Å². The summed E-state index contributed by atoms with van der Waals surface area (Å²) in [5.41, 5.74) is 4.39. The number of fused-ring (bicyclic) bond motifs is 4. The number of carbonyl (C=O) groups excluding carboxylic acids is 1. The Hall–Kier alpha value is -3.05. The van der Waals surface area contributed by atoms with Gasteiger partial charge in [0, 0.05) is 18.5 Å². The Kier molecular flexibility index (Phi) is 4.22. The summed E-state index contributed by atoms with van der Waals surface area (Å²) in [4.78, 5) is 14.7. The second kappa shape index (κ2) is 6.69. The number of hydrogen-bond donors (Lipinski definition) is 3. The molecule has 0 aromatic heterocycles. The van der Waals surface area contributed by atoms with E-state index in [1.165, 1.54) is 0 Å². The van der Waals surface area contributed by atoms with E-state index in [4.69, 9.17) is 0 Å². The maximum atomic E-state index is 12.7. The number of benzene rings is 3. The Morgan fingerprint density at radius 1 is 0.923 bits per heavy atom. The lowest BCUT2D eigenvalue weighted by Crippen LogP contribution is -2.31. The van der Waals surface area contributed by atoms with Crippen LogP contribution in [0.2, 0.25) is 0 Å². The SMILES string of the molecule is CN(C)CCNC(=O)c1cccc2c1Nc1c(ccc3ccccc13)N2. The molecule has 0 aliphatic carbocycles. The molecule has 3 aromatic rings. The van der Waals surface area contributed by atoms with Crippen LogP contribution in [0, 0.1) is 0 Å². The smallest absolute Gasteiger partial charge is 0.253 e. The summed E-state index contributed by atoms with van der Waals surface area (Å²) in [6.45, 7) is 1.42. The Balaban J connectivity index is 1.68. The van der Waals surface area contributed by atoms with Gasteiger partial charge in [0.05, 0.1) is 28.3 Å². The molecule has 0 bridgehead atoms. The van der Waals surface area contributed by atoms with E-state index in [1.807, 2.05) is 49.3 Å². The van der Waals surface area contributed by atoms with E-state index in [0.29, 0.717) is 12.1 Å². The summed E-state index contributed by atoms with van der Waals surface area (Å²) in [5.74, 6) is -0.0679. The lowest BCUT2D eigenvalue weighted by Gasteiger charge is -2.26. The first-order valence-electron chi connectivity index (χ1n) is 8.75. The molecule has 1 amide bonds. The van der Waals surface area contributed by atoms with Gasteiger partial charge < -0.3 is 20.9 Å². The number of rotatable bonds is 4. The normalized spacial score (nSPS) is 12.1. The van der Waals surface area contributed by atoms with E-state index in [9.17, 15) is 4.79 Å². The average molecular weight is 346 g/mol. The number of likely N-dealkylation sites (N-methyl/N-ethyl adjacent to an activating group) is 1. The molecule has 0 saturated carbocycles. The average Bonchev–Trinajstić information content (AvgIpc) is 2.65. The number of hydrogen-bond acceptors (Lipinski definition) is 4. The predicted molar refractivity (Wildman–Crippen MR) is 108 cm³/mol. The first-order valence-corrected chi connectivity index (χ1v) is 8.75. The van der Waals surface area contributed by atoms with Crippen LogP contribution in [0.15, 0.2) is 54.6 Å². The predicted octanol–water partition coefficient (Wildman–Crippen LogP) is 3.93. The molecular weight excluding hydrogens is 324 g/mol. The van der Waals surface area contributed by atoms with Gasteiger partial charge in [-0.1, -0.05) is 36.4 Å². The van der Waals surface area contributed by atoms with E-state index < -0.39 is 0 Å². The lowest BCUT2D eigenvalue weighted by atomic mass is 10.0. The summed E-state index contributed by atoms with van der Waals surface area (Å²) in [5, 5.41) is 12.2. The van der Waals surface area contributed by atoms with E-state index in [2.05, 4.69) is 40.2 Å². The Labute approximate surface area is 153 Å². The lowest BCUT2D eigenvalue weighted by molar-refractivity contribution is 0.0952. The van der Waals surface area contributed by atoms with Crippen LogP contribution in [-0.4, -0.2) is 38.0 Å². The first kappa shape index (κ1) is 16.4. The van der Waals surface area contributed by atoms with Gasteiger partial charge in [-0.05, 0) is 37.7 Å². The van der Waals surface area contributed by atoms with Crippen molar-refractivity contribution in [3.05, 3.63) is 60.2 Å². The highest BCUT2D eigenvalue weighted by Gasteiger charge is 2.21. The van der Waals surface area contributed by atoms with Gasteiger partial charge in [0.15, 0.2) is 0 Å². The third-order valence-corrected chi connectivity index (χ3v) is 4.60. The molecule has 5 nitrogen and oxygen atoms in total. The van der Waals surface area contributed by atoms with Crippen LogP contribution in [0.25, 0.3) is 10.8 Å². The van der Waals surface area contributed by atoms with Gasteiger partial charge in [0.1, 0.15) is 0 Å². The molecular formula is C21H22N4O. The molecule has 0 fully saturated rings. The molecule has 0 saturated heterocycles. The molecule has 4 rings (SSSR count). The minimum absolute atomic E-state index is 0.0679. The van der Waals surface area contributed by atoms with E-state index in [1.54, 1.807) is 0 Å². The summed E-state index contributed by atoms with van der Waals surface area (Å²) in [7, 11) is 3.98. The van der Waals surface area contributed by atoms with Gasteiger partial charge in [-0.2, -0.15) is 0 Å². The molecule has 1 heterocycles. The third-order valence-electron chi connectivity index (χ3n) is 4.60. The maximum Gasteiger partial charge on any atom is 0.253 e. The number of amides is 1. The number of nitrogens with zero attached hydrogens (tertiary/aromatic N) is 1. The van der Waals surface area contributed by atoms with Crippen molar-refractivity contribution in [2.45, 2.75) is 0 Å². The largest absolute Gasteiger partial charge is 0.352 e. The molecule has 0 unspecified atom stereocenters. The number of carbonyl (C=O) groups is 1. The Bertz CT molecular complexity index is 981. The molecule has 0 atom stereocenters. The van der Waals surface area contributed by atoms with Crippen molar-refractivity contribution in [2.75, 3.05) is 37.8 Å². The van der Waals surface area contributed by atoms with Gasteiger partial charge >= 0.3 is 0 Å². The maximum absolute atomic E-state index is 12.7. The number of nitrogens with one attached hydrogen (secondary N) is 3. The van der Waals surface area contributed by atoms with E-state index in [-0.39, 0.29) is 5.91 Å². The highest BCUT2D eigenvalue weighted by molar-refractivity contribution is 6.11. The second-order valence-electron chi connectivity index (χ2n) is 6.75. The zero-order chi connectivity index (χ0) is 18.1. The van der Waals surface area contributed by atoms with Crippen LogP contribution in [0.4, 0.5) is 22.7 Å². The quantitative estimate of drug-likeness (QED) is 0.524. The molecule has 26 heavy (non-hydrogen) atoms. The summed E-state index contributed by atoms with van der Waals surface area (Å²) >= 11 is 0. The van der Waals surface area contributed by atoms with Crippen LogP contribution < -0.4 is 16.0 Å². The second-order valence-corrected chi connectivity index (χ2v) is 6.75. The van der Waals surface area contributed by atoms with Gasteiger partial charge in [0.25, 0.3) is 5.91 Å². The number of anilines is 4. The van der Waals surface area contributed by atoms with Crippen molar-refractivity contribution in [2.24, 2.45) is 0 Å². The molecule has 0 radical (unpaired) electrons. The molecule has 3 aromatic carbocycles. The Morgan fingerprint density at radius 2 is 1.73 bits per heavy atom. The van der Waals surface area contributed by atoms with Crippen LogP contribution >= 0.6 is 0 Å².